The van der Waals surface area contributed by atoms with Gasteiger partial charge in [-0.05, 0) is 70.8 Å². The number of aromatic nitrogens is 1. The first-order valence-electron chi connectivity index (χ1n) is 16.3. The minimum Gasteiger partial charge on any atom is -0.487 e. The minimum absolute atomic E-state index is 0.122. The predicted molar refractivity (Wildman–Crippen MR) is 184 cm³/mol. The van der Waals surface area contributed by atoms with Gasteiger partial charge < -0.3 is 19.5 Å². The van der Waals surface area contributed by atoms with Gasteiger partial charge in [0.25, 0.3) is 0 Å². The second kappa shape index (κ2) is 14.1. The van der Waals surface area contributed by atoms with Gasteiger partial charge in [-0.3, -0.25) is 0 Å². The average Bonchev–Trinajstić information content (AvgIpc) is 3.51. The first-order valence-corrected chi connectivity index (χ1v) is 16.3. The molecule has 7 rings (SSSR count). The predicted octanol–water partition coefficient (Wildman–Crippen LogP) is 8.13. The summed E-state index contributed by atoms with van der Waals surface area (Å²) in [6, 6.07) is 36.1. The molecule has 0 radical (unpaired) electrons. The highest BCUT2D eigenvalue weighted by molar-refractivity contribution is 5.97. The number of ether oxygens (including phenoxy) is 3. The van der Waals surface area contributed by atoms with Gasteiger partial charge in [0.1, 0.15) is 25.6 Å². The summed E-state index contributed by atoms with van der Waals surface area (Å²) in [5.74, 6) is 0.112. The highest BCUT2D eigenvalue weighted by Gasteiger charge is 2.30. The number of hydrogen-bond donors (Lipinski definition) is 1. The van der Waals surface area contributed by atoms with Crippen LogP contribution in [0.3, 0.4) is 0 Å². The van der Waals surface area contributed by atoms with E-state index in [0.29, 0.717) is 12.2 Å². The Bertz CT molecular complexity index is 1900. The van der Waals surface area contributed by atoms with Gasteiger partial charge in [0.05, 0.1) is 5.69 Å². The quantitative estimate of drug-likeness (QED) is 0.150. The Kier molecular flexibility index (Phi) is 9.11. The maximum atomic E-state index is 14.1. The van der Waals surface area contributed by atoms with E-state index in [0.717, 1.165) is 59.4 Å². The van der Waals surface area contributed by atoms with Crippen molar-refractivity contribution in [1.82, 2.24) is 10.3 Å². The molecule has 2 heterocycles. The SMILES string of the molecule is CCc1c(-c2ccc3c(c2)CC2=C3CCNC2)nc(OCc2ccccc2)c(C(=O)OCc2ccccc2)c1OCc1ccccc1. The van der Waals surface area contributed by atoms with Crippen molar-refractivity contribution in [2.45, 2.75) is 46.0 Å². The van der Waals surface area contributed by atoms with E-state index in [1.807, 2.05) is 91.0 Å². The van der Waals surface area contributed by atoms with Gasteiger partial charge in [0.15, 0.2) is 5.56 Å². The average molecular weight is 623 g/mol. The summed E-state index contributed by atoms with van der Waals surface area (Å²) in [5.41, 5.74) is 11.2. The van der Waals surface area contributed by atoms with E-state index in [1.54, 1.807) is 0 Å². The molecule has 1 aliphatic carbocycles. The topological polar surface area (TPSA) is 69.7 Å². The summed E-state index contributed by atoms with van der Waals surface area (Å²) in [4.78, 5) is 19.2. The van der Waals surface area contributed by atoms with Crippen LogP contribution in [-0.2, 0) is 37.4 Å². The lowest BCUT2D eigenvalue weighted by molar-refractivity contribution is 0.0460. The van der Waals surface area contributed by atoms with Crippen molar-refractivity contribution in [2.75, 3.05) is 13.1 Å². The summed E-state index contributed by atoms with van der Waals surface area (Å²) in [6.45, 7) is 4.65. The Labute approximate surface area is 276 Å². The van der Waals surface area contributed by atoms with Crippen molar-refractivity contribution in [3.63, 3.8) is 0 Å². The molecule has 0 atom stereocenters. The van der Waals surface area contributed by atoms with E-state index >= 15 is 0 Å². The number of carbonyl (C=O) groups excluding carboxylic acids is 1. The van der Waals surface area contributed by atoms with Crippen LogP contribution in [-0.4, -0.2) is 24.0 Å². The standard InChI is InChI=1S/C41H38N2O4/c1-2-34-38(31-18-19-35-32(22-31)23-33-24-42-21-20-36(33)35)43-40(46-26-29-14-8-4-9-15-29)37(39(34)45-25-28-12-6-3-7-13-28)41(44)47-27-30-16-10-5-11-17-30/h3-19,22,42H,2,20-21,23-27H2,1H3. The maximum absolute atomic E-state index is 14.1. The number of esters is 1. The fourth-order valence-electron chi connectivity index (χ4n) is 6.48. The first-order chi connectivity index (χ1) is 23.2. The van der Waals surface area contributed by atoms with E-state index in [1.165, 1.54) is 22.3 Å². The molecule has 6 nitrogen and oxygen atoms in total. The molecule has 1 aromatic heterocycles. The van der Waals surface area contributed by atoms with Crippen molar-refractivity contribution in [1.29, 1.82) is 0 Å². The highest BCUT2D eigenvalue weighted by atomic mass is 16.5. The van der Waals surface area contributed by atoms with Crippen LogP contribution in [0, 0.1) is 0 Å². The van der Waals surface area contributed by atoms with Crippen LogP contribution in [0.15, 0.2) is 115 Å². The molecule has 1 aliphatic heterocycles. The van der Waals surface area contributed by atoms with Gasteiger partial charge in [-0.25, -0.2) is 9.78 Å². The third kappa shape index (κ3) is 6.69. The van der Waals surface area contributed by atoms with Crippen molar-refractivity contribution in [3.8, 4) is 22.9 Å². The second-order valence-electron chi connectivity index (χ2n) is 12.0. The molecule has 0 bridgehead atoms. The third-order valence-corrected chi connectivity index (χ3v) is 8.85. The van der Waals surface area contributed by atoms with E-state index in [9.17, 15) is 4.79 Å². The lowest BCUT2D eigenvalue weighted by atomic mass is 9.95. The Morgan fingerprint density at radius 3 is 2.09 bits per heavy atom. The lowest BCUT2D eigenvalue weighted by Gasteiger charge is -2.21. The molecule has 6 heteroatoms. The normalized spacial score (nSPS) is 13.6. The molecule has 1 N–H and O–H groups in total. The van der Waals surface area contributed by atoms with Crippen LogP contribution in [0.5, 0.6) is 11.6 Å². The van der Waals surface area contributed by atoms with E-state index in [2.05, 4.69) is 30.4 Å². The number of rotatable bonds is 11. The number of pyridine rings is 1. The van der Waals surface area contributed by atoms with Crippen LogP contribution in [0.4, 0.5) is 0 Å². The molecule has 0 amide bonds. The van der Waals surface area contributed by atoms with Crippen molar-refractivity contribution in [3.05, 3.63) is 154 Å². The number of carbonyl (C=O) groups is 1. The van der Waals surface area contributed by atoms with Crippen LogP contribution >= 0.6 is 0 Å². The third-order valence-electron chi connectivity index (χ3n) is 8.85. The molecule has 0 spiro atoms. The van der Waals surface area contributed by atoms with Gasteiger partial charge in [0.2, 0.25) is 5.88 Å². The summed E-state index contributed by atoms with van der Waals surface area (Å²) < 4.78 is 18.9. The molecular formula is C41H38N2O4. The van der Waals surface area contributed by atoms with Crippen LogP contribution < -0.4 is 14.8 Å². The summed E-state index contributed by atoms with van der Waals surface area (Å²) in [5, 5.41) is 3.52. The molecular weight excluding hydrogens is 584 g/mol. The van der Waals surface area contributed by atoms with E-state index in [4.69, 9.17) is 19.2 Å². The molecule has 0 fully saturated rings. The zero-order valence-corrected chi connectivity index (χ0v) is 26.6. The van der Waals surface area contributed by atoms with Gasteiger partial charge in [-0.1, -0.05) is 110 Å². The fraction of sp³-hybridized carbons (Fsp3) is 0.220. The molecule has 2 aliphatic rings. The van der Waals surface area contributed by atoms with Gasteiger partial charge >= 0.3 is 5.97 Å². The van der Waals surface area contributed by atoms with E-state index in [-0.39, 0.29) is 31.3 Å². The summed E-state index contributed by atoms with van der Waals surface area (Å²) >= 11 is 0. The largest absolute Gasteiger partial charge is 0.487 e. The highest BCUT2D eigenvalue weighted by Crippen LogP contribution is 2.42. The summed E-state index contributed by atoms with van der Waals surface area (Å²) in [7, 11) is 0. The van der Waals surface area contributed by atoms with Gasteiger partial charge in [-0.2, -0.15) is 0 Å². The monoisotopic (exact) mass is 622 g/mol. The molecule has 47 heavy (non-hydrogen) atoms. The zero-order chi connectivity index (χ0) is 32.0. The van der Waals surface area contributed by atoms with E-state index < -0.39 is 5.97 Å². The number of nitrogens with zero attached hydrogens (tertiary/aromatic N) is 1. The molecule has 4 aromatic carbocycles. The smallest absolute Gasteiger partial charge is 0.347 e. The number of nitrogens with one attached hydrogen (secondary N) is 1. The van der Waals surface area contributed by atoms with Crippen molar-refractivity contribution in [2.24, 2.45) is 0 Å². The van der Waals surface area contributed by atoms with Crippen molar-refractivity contribution >= 4 is 11.5 Å². The molecule has 5 aromatic rings. The molecule has 236 valence electrons. The van der Waals surface area contributed by atoms with Gasteiger partial charge in [-0.15, -0.1) is 0 Å². The van der Waals surface area contributed by atoms with Crippen LogP contribution in [0.1, 0.15) is 57.1 Å². The zero-order valence-electron chi connectivity index (χ0n) is 26.6. The Balaban J connectivity index is 1.33. The second-order valence-corrected chi connectivity index (χ2v) is 12.0. The Morgan fingerprint density at radius 2 is 1.43 bits per heavy atom. The number of benzene rings is 4. The van der Waals surface area contributed by atoms with Crippen molar-refractivity contribution < 1.29 is 19.0 Å². The molecule has 0 saturated heterocycles. The van der Waals surface area contributed by atoms with Crippen LogP contribution in [0.2, 0.25) is 0 Å². The minimum atomic E-state index is -0.535. The summed E-state index contributed by atoms with van der Waals surface area (Å²) in [6.07, 6.45) is 2.58. The fourth-order valence-corrected chi connectivity index (χ4v) is 6.48. The Hall–Kier alpha value is -5.20. The molecule has 0 unspecified atom stereocenters. The number of hydrogen-bond acceptors (Lipinski definition) is 6. The first kappa shape index (κ1) is 30.5. The number of fused-ring (bicyclic) bond motifs is 2. The maximum Gasteiger partial charge on any atom is 0.347 e. The van der Waals surface area contributed by atoms with Crippen LogP contribution in [0.25, 0.3) is 16.8 Å². The Morgan fingerprint density at radius 1 is 0.787 bits per heavy atom. The molecule has 0 saturated carbocycles. The lowest BCUT2D eigenvalue weighted by Crippen LogP contribution is -2.23. The van der Waals surface area contributed by atoms with Gasteiger partial charge in [0, 0.05) is 17.7 Å².